The molecule has 0 aromatic heterocycles. The predicted octanol–water partition coefficient (Wildman–Crippen LogP) is 7.43. The number of piperidine rings is 1. The lowest BCUT2D eigenvalue weighted by Crippen LogP contribution is -2.50. The quantitative estimate of drug-likeness (QED) is 0.383. The number of allylic oxidation sites excluding steroid dienone is 1. The van der Waals surface area contributed by atoms with Crippen molar-refractivity contribution in [3.05, 3.63) is 100 Å². The van der Waals surface area contributed by atoms with Gasteiger partial charge in [-0.15, -0.1) is 0 Å². The lowest BCUT2D eigenvalue weighted by molar-refractivity contribution is 0.102. The zero-order valence-electron chi connectivity index (χ0n) is 18.6. The topological polar surface area (TPSA) is 50.8 Å². The highest BCUT2D eigenvalue weighted by Crippen LogP contribution is 2.48. The summed E-state index contributed by atoms with van der Waals surface area (Å²) in [7, 11) is 0. The molecule has 2 unspecified atom stereocenters. The fourth-order valence-electron chi connectivity index (χ4n) is 4.83. The average molecular weight is 495 g/mol. The van der Waals surface area contributed by atoms with Crippen LogP contribution in [0.1, 0.15) is 36.4 Å². The fourth-order valence-corrected chi connectivity index (χ4v) is 5.14. The lowest BCUT2D eigenvalue weighted by Gasteiger charge is -2.42. The van der Waals surface area contributed by atoms with Crippen LogP contribution in [0, 0.1) is 0 Å². The van der Waals surface area contributed by atoms with E-state index in [4.69, 9.17) is 32.7 Å². The van der Waals surface area contributed by atoms with E-state index in [0.29, 0.717) is 22.3 Å². The second kappa shape index (κ2) is 9.61. The molecule has 5 rings (SSSR count). The normalized spacial score (nSPS) is 21.0. The van der Waals surface area contributed by atoms with E-state index in [-0.39, 0.29) is 18.0 Å². The molecule has 1 fully saturated rings. The number of fused-ring (bicyclic) bond motifs is 3. The van der Waals surface area contributed by atoms with Crippen LogP contribution in [0.2, 0.25) is 10.0 Å². The number of benzene rings is 3. The summed E-state index contributed by atoms with van der Waals surface area (Å²) in [6.07, 6.45) is 3.88. The van der Waals surface area contributed by atoms with E-state index in [0.717, 1.165) is 23.4 Å². The molecule has 7 heteroatoms. The molecule has 0 radical (unpaired) electrons. The van der Waals surface area contributed by atoms with Gasteiger partial charge in [0.2, 0.25) is 0 Å². The molecule has 1 N–H and O–H groups in total. The van der Waals surface area contributed by atoms with E-state index in [1.807, 2.05) is 55.5 Å². The van der Waals surface area contributed by atoms with Gasteiger partial charge in [0.1, 0.15) is 11.5 Å². The van der Waals surface area contributed by atoms with Gasteiger partial charge in [-0.2, -0.15) is 0 Å². The monoisotopic (exact) mass is 494 g/mol. The van der Waals surface area contributed by atoms with Crippen molar-refractivity contribution >= 4 is 35.0 Å². The van der Waals surface area contributed by atoms with Gasteiger partial charge in [-0.25, -0.2) is 4.79 Å². The van der Waals surface area contributed by atoms with Crippen molar-refractivity contribution in [2.75, 3.05) is 11.9 Å². The van der Waals surface area contributed by atoms with E-state index in [1.54, 1.807) is 35.4 Å². The van der Waals surface area contributed by atoms with Crippen molar-refractivity contribution in [3.63, 3.8) is 0 Å². The molecule has 0 bridgehead atoms. The first kappa shape index (κ1) is 22.6. The number of anilines is 1. The Morgan fingerprint density at radius 1 is 1.00 bits per heavy atom. The standard InChI is InChI=1S/C27H24Cl2N2O3/c1-2-15-33-20-8-3-17(4-9-20)26-25-22(23-16-19(29)7-12-24(23)30-25)13-14-31(26)27(32)34-21-10-5-18(28)6-11-21/h2-12,15-16,22,25-26,30H,13-14H2,1H3/b15-2-/t22?,25?,26-/m0/s1. The first-order valence-corrected chi connectivity index (χ1v) is 12.0. The molecule has 3 aromatic carbocycles. The average Bonchev–Trinajstić information content (AvgIpc) is 3.21. The fraction of sp³-hybridized carbons (Fsp3) is 0.222. The molecule has 0 spiro atoms. The zero-order valence-corrected chi connectivity index (χ0v) is 20.1. The predicted molar refractivity (Wildman–Crippen MR) is 135 cm³/mol. The van der Waals surface area contributed by atoms with Gasteiger partial charge in [-0.05, 0) is 79.1 Å². The number of nitrogens with one attached hydrogen (secondary N) is 1. The van der Waals surface area contributed by atoms with Gasteiger partial charge in [-0.1, -0.05) is 41.4 Å². The van der Waals surface area contributed by atoms with Crippen LogP contribution in [-0.2, 0) is 0 Å². The molecule has 2 heterocycles. The molecular formula is C27H24Cl2N2O3. The molecule has 0 saturated carbocycles. The van der Waals surface area contributed by atoms with Gasteiger partial charge >= 0.3 is 6.09 Å². The van der Waals surface area contributed by atoms with Gasteiger partial charge < -0.3 is 14.8 Å². The van der Waals surface area contributed by atoms with Crippen LogP contribution in [0.15, 0.2) is 79.1 Å². The summed E-state index contributed by atoms with van der Waals surface area (Å²) in [5.41, 5.74) is 3.26. The highest BCUT2D eigenvalue weighted by Gasteiger charge is 2.46. The van der Waals surface area contributed by atoms with E-state index in [2.05, 4.69) is 5.32 Å². The molecule has 1 saturated heterocycles. The third-order valence-corrected chi connectivity index (χ3v) is 6.83. The molecule has 34 heavy (non-hydrogen) atoms. The molecule has 5 nitrogen and oxygen atoms in total. The Hall–Kier alpha value is -3.15. The Balaban J connectivity index is 1.47. The molecule has 3 aromatic rings. The molecule has 3 atom stereocenters. The number of halogens is 2. The number of nitrogens with zero attached hydrogens (tertiary/aromatic N) is 1. The number of rotatable bonds is 4. The minimum atomic E-state index is -0.393. The Morgan fingerprint density at radius 3 is 2.44 bits per heavy atom. The van der Waals surface area contributed by atoms with Crippen LogP contribution in [0.5, 0.6) is 11.5 Å². The molecule has 174 valence electrons. The van der Waals surface area contributed by atoms with Gasteiger partial charge in [0.15, 0.2) is 0 Å². The van der Waals surface area contributed by atoms with Gasteiger partial charge in [0.05, 0.1) is 18.3 Å². The maximum absolute atomic E-state index is 13.3. The second-order valence-electron chi connectivity index (χ2n) is 8.41. The summed E-state index contributed by atoms with van der Waals surface area (Å²) in [6, 6.07) is 20.3. The van der Waals surface area contributed by atoms with Gasteiger partial charge in [0, 0.05) is 28.2 Å². The van der Waals surface area contributed by atoms with Gasteiger partial charge in [-0.3, -0.25) is 4.90 Å². The van der Waals surface area contributed by atoms with Crippen LogP contribution in [0.4, 0.5) is 10.5 Å². The highest BCUT2D eigenvalue weighted by molar-refractivity contribution is 6.31. The molecule has 0 aliphatic carbocycles. The number of amides is 1. The van der Waals surface area contributed by atoms with E-state index >= 15 is 0 Å². The lowest BCUT2D eigenvalue weighted by atomic mass is 9.81. The van der Waals surface area contributed by atoms with Crippen LogP contribution in [-0.4, -0.2) is 23.6 Å². The van der Waals surface area contributed by atoms with Gasteiger partial charge in [0.25, 0.3) is 0 Å². The Kier molecular flexibility index (Phi) is 6.40. The summed E-state index contributed by atoms with van der Waals surface area (Å²) < 4.78 is 11.3. The smallest absolute Gasteiger partial charge is 0.415 e. The maximum atomic E-state index is 13.3. The third kappa shape index (κ3) is 4.46. The van der Waals surface area contributed by atoms with Crippen LogP contribution in [0.25, 0.3) is 0 Å². The summed E-state index contributed by atoms with van der Waals surface area (Å²) in [4.78, 5) is 15.2. The summed E-state index contributed by atoms with van der Waals surface area (Å²) in [5, 5.41) is 4.95. The molecule has 2 aliphatic rings. The number of ether oxygens (including phenoxy) is 2. The van der Waals surface area contributed by atoms with Crippen molar-refractivity contribution in [2.45, 2.75) is 31.3 Å². The van der Waals surface area contributed by atoms with Crippen molar-refractivity contribution in [1.29, 1.82) is 0 Å². The number of hydrogen-bond donors (Lipinski definition) is 1. The highest BCUT2D eigenvalue weighted by atomic mass is 35.5. The SMILES string of the molecule is C/C=C\Oc1ccc([C@H]2C3Nc4ccc(Cl)cc4C3CCN2C(=O)Oc2ccc(Cl)cc2)cc1. The molecule has 1 amide bonds. The van der Waals surface area contributed by atoms with E-state index in [1.165, 1.54) is 5.56 Å². The Bertz CT molecular complexity index is 1210. The van der Waals surface area contributed by atoms with Crippen LogP contribution < -0.4 is 14.8 Å². The largest absolute Gasteiger partial charge is 0.465 e. The number of carbonyl (C=O) groups is 1. The summed E-state index contributed by atoms with van der Waals surface area (Å²) in [5.74, 6) is 1.43. The molecular weight excluding hydrogens is 471 g/mol. The minimum absolute atomic E-state index is 0.0118. The van der Waals surface area contributed by atoms with Crippen molar-refractivity contribution in [1.82, 2.24) is 4.90 Å². The van der Waals surface area contributed by atoms with E-state index in [9.17, 15) is 4.79 Å². The molecule has 2 aliphatic heterocycles. The van der Waals surface area contributed by atoms with Crippen molar-refractivity contribution in [2.24, 2.45) is 0 Å². The zero-order chi connectivity index (χ0) is 23.7. The summed E-state index contributed by atoms with van der Waals surface area (Å²) in [6.45, 7) is 2.46. The van der Waals surface area contributed by atoms with E-state index < -0.39 is 6.09 Å². The van der Waals surface area contributed by atoms with Crippen LogP contribution in [0.3, 0.4) is 0 Å². The number of likely N-dealkylation sites (tertiary alicyclic amines) is 1. The maximum Gasteiger partial charge on any atom is 0.415 e. The van der Waals surface area contributed by atoms with Crippen LogP contribution >= 0.6 is 23.2 Å². The van der Waals surface area contributed by atoms with Crippen molar-refractivity contribution in [3.8, 4) is 11.5 Å². The first-order chi connectivity index (χ1) is 16.5. The Morgan fingerprint density at radius 2 is 1.71 bits per heavy atom. The number of hydrogen-bond acceptors (Lipinski definition) is 4. The third-order valence-electron chi connectivity index (χ3n) is 6.34. The summed E-state index contributed by atoms with van der Waals surface area (Å²) >= 11 is 12.3. The van der Waals surface area contributed by atoms with Crippen molar-refractivity contribution < 1.29 is 14.3 Å². The minimum Gasteiger partial charge on any atom is -0.465 e. The second-order valence-corrected chi connectivity index (χ2v) is 9.29. The Labute approximate surface area is 208 Å². The number of carbonyl (C=O) groups excluding carboxylic acids is 1. The first-order valence-electron chi connectivity index (χ1n) is 11.2.